The molecule has 0 bridgehead atoms. The summed E-state index contributed by atoms with van der Waals surface area (Å²) in [5.41, 5.74) is 11.2. The van der Waals surface area contributed by atoms with Crippen molar-refractivity contribution >= 4 is 5.65 Å². The lowest BCUT2D eigenvalue weighted by Crippen LogP contribution is -2.06. The van der Waals surface area contributed by atoms with E-state index >= 15 is 0 Å². The molecule has 3 rings (SSSR count). The van der Waals surface area contributed by atoms with Crippen molar-refractivity contribution in [2.24, 2.45) is 5.73 Å². The lowest BCUT2D eigenvalue weighted by atomic mass is 10.0. The van der Waals surface area contributed by atoms with Gasteiger partial charge in [0.25, 0.3) is 0 Å². The molecule has 4 heteroatoms. The van der Waals surface area contributed by atoms with Gasteiger partial charge in [-0.2, -0.15) is 0 Å². The summed E-state index contributed by atoms with van der Waals surface area (Å²) in [7, 11) is 0. The monoisotopic (exact) mass is 283 g/mol. The number of rotatable bonds is 3. The van der Waals surface area contributed by atoms with E-state index in [1.807, 2.05) is 12.3 Å². The summed E-state index contributed by atoms with van der Waals surface area (Å²) in [4.78, 5) is 4.52. The normalized spacial score (nSPS) is 11.2. The molecule has 1 aromatic carbocycles. The van der Waals surface area contributed by atoms with Crippen molar-refractivity contribution in [3.63, 3.8) is 0 Å². The summed E-state index contributed by atoms with van der Waals surface area (Å²) >= 11 is 0. The minimum Gasteiger partial charge on any atom is -0.330 e. The first-order chi connectivity index (χ1) is 10.1. The third-order valence-electron chi connectivity index (χ3n) is 3.72. The van der Waals surface area contributed by atoms with Gasteiger partial charge in [-0.05, 0) is 38.1 Å². The number of aromatic nitrogens is 2. The number of pyridine rings is 1. The number of fused-ring (bicyclic) bond motifs is 1. The quantitative estimate of drug-likeness (QED) is 0.801. The lowest BCUT2D eigenvalue weighted by Gasteiger charge is -2.07. The average Bonchev–Trinajstić information content (AvgIpc) is 2.80. The third kappa shape index (κ3) is 2.32. The van der Waals surface area contributed by atoms with Crippen LogP contribution >= 0.6 is 0 Å². The van der Waals surface area contributed by atoms with Gasteiger partial charge in [-0.3, -0.25) is 0 Å². The largest absolute Gasteiger partial charge is 0.330 e. The van der Waals surface area contributed by atoms with Gasteiger partial charge in [0, 0.05) is 18.2 Å². The zero-order valence-corrected chi connectivity index (χ0v) is 12.2. The Balaban J connectivity index is 2.30. The summed E-state index contributed by atoms with van der Waals surface area (Å²) in [5.74, 6) is -0.313. The van der Waals surface area contributed by atoms with E-state index in [4.69, 9.17) is 5.73 Å². The van der Waals surface area contributed by atoms with E-state index in [-0.39, 0.29) is 5.82 Å². The number of nitrogens with two attached hydrogens (primary N) is 1. The molecule has 0 saturated carbocycles. The molecular formula is C17H18FN3. The summed E-state index contributed by atoms with van der Waals surface area (Å²) in [6, 6.07) is 9.33. The fourth-order valence-electron chi connectivity index (χ4n) is 2.75. The number of imidazole rings is 1. The Morgan fingerprint density at radius 3 is 2.76 bits per heavy atom. The average molecular weight is 283 g/mol. The Labute approximate surface area is 123 Å². The summed E-state index contributed by atoms with van der Waals surface area (Å²) in [5, 5.41) is 0. The highest BCUT2D eigenvalue weighted by molar-refractivity contribution is 5.70. The summed E-state index contributed by atoms with van der Waals surface area (Å²) in [6.07, 6.45) is 2.50. The SMILES string of the molecule is Cc1ccc(-c2nc3c(F)cccn3c2CCN)c(C)c1. The molecule has 3 aromatic rings. The second kappa shape index (κ2) is 5.30. The first-order valence-corrected chi connectivity index (χ1v) is 7.05. The molecule has 2 aromatic heterocycles. The molecule has 0 spiro atoms. The standard InChI is InChI=1S/C17H18FN3/c1-11-5-6-13(12(2)10-11)16-15(7-8-19)21-9-3-4-14(18)17(21)20-16/h3-6,9-10H,7-8,19H2,1-2H3. The van der Waals surface area contributed by atoms with Crippen molar-refractivity contribution in [3.05, 3.63) is 59.2 Å². The van der Waals surface area contributed by atoms with Crippen LogP contribution < -0.4 is 5.73 Å². The molecule has 0 amide bonds. The second-order valence-corrected chi connectivity index (χ2v) is 5.31. The van der Waals surface area contributed by atoms with Gasteiger partial charge in [-0.1, -0.05) is 23.8 Å². The second-order valence-electron chi connectivity index (χ2n) is 5.31. The maximum Gasteiger partial charge on any atom is 0.173 e. The molecule has 0 unspecified atom stereocenters. The van der Waals surface area contributed by atoms with Crippen LogP contribution in [-0.2, 0) is 6.42 Å². The van der Waals surface area contributed by atoms with Crippen molar-refractivity contribution in [3.8, 4) is 11.3 Å². The van der Waals surface area contributed by atoms with Crippen LogP contribution in [0.5, 0.6) is 0 Å². The first-order valence-electron chi connectivity index (χ1n) is 7.05. The maximum absolute atomic E-state index is 14.0. The van der Waals surface area contributed by atoms with Crippen LogP contribution in [0.2, 0.25) is 0 Å². The van der Waals surface area contributed by atoms with Gasteiger partial charge < -0.3 is 10.1 Å². The van der Waals surface area contributed by atoms with Gasteiger partial charge in [-0.25, -0.2) is 9.37 Å². The lowest BCUT2D eigenvalue weighted by molar-refractivity contribution is 0.629. The van der Waals surface area contributed by atoms with Crippen molar-refractivity contribution in [1.29, 1.82) is 0 Å². The molecule has 0 aliphatic carbocycles. The smallest absolute Gasteiger partial charge is 0.173 e. The Bertz CT molecular complexity index is 805. The van der Waals surface area contributed by atoms with Crippen LogP contribution in [0, 0.1) is 19.7 Å². The molecule has 21 heavy (non-hydrogen) atoms. The molecule has 0 radical (unpaired) electrons. The van der Waals surface area contributed by atoms with Crippen LogP contribution in [0.3, 0.4) is 0 Å². The number of benzene rings is 1. The van der Waals surface area contributed by atoms with Crippen LogP contribution in [0.1, 0.15) is 16.8 Å². The Morgan fingerprint density at radius 2 is 2.05 bits per heavy atom. The fraction of sp³-hybridized carbons (Fsp3) is 0.235. The molecule has 0 aliphatic heterocycles. The Morgan fingerprint density at radius 1 is 1.24 bits per heavy atom. The predicted molar refractivity (Wildman–Crippen MR) is 82.8 cm³/mol. The van der Waals surface area contributed by atoms with E-state index in [0.29, 0.717) is 18.6 Å². The zero-order valence-electron chi connectivity index (χ0n) is 12.2. The van der Waals surface area contributed by atoms with Crippen LogP contribution in [0.15, 0.2) is 36.5 Å². The van der Waals surface area contributed by atoms with Crippen molar-refractivity contribution in [2.45, 2.75) is 20.3 Å². The molecule has 0 atom stereocenters. The topological polar surface area (TPSA) is 43.3 Å². The molecular weight excluding hydrogens is 265 g/mol. The van der Waals surface area contributed by atoms with E-state index in [1.54, 1.807) is 10.5 Å². The molecule has 0 saturated heterocycles. The number of halogens is 1. The summed E-state index contributed by atoms with van der Waals surface area (Å²) < 4.78 is 15.8. The number of nitrogens with zero attached hydrogens (tertiary/aromatic N) is 2. The molecule has 108 valence electrons. The van der Waals surface area contributed by atoms with Gasteiger partial charge in [0.05, 0.1) is 11.4 Å². The van der Waals surface area contributed by atoms with Gasteiger partial charge in [0.2, 0.25) is 0 Å². The van der Waals surface area contributed by atoms with E-state index in [9.17, 15) is 4.39 Å². The highest BCUT2D eigenvalue weighted by Crippen LogP contribution is 2.28. The minimum atomic E-state index is -0.313. The Kier molecular flexibility index (Phi) is 3.47. The van der Waals surface area contributed by atoms with E-state index in [2.05, 4.69) is 31.0 Å². The number of hydrogen-bond acceptors (Lipinski definition) is 2. The number of aryl methyl sites for hydroxylation is 2. The molecule has 0 fully saturated rings. The number of hydrogen-bond donors (Lipinski definition) is 1. The fourth-order valence-corrected chi connectivity index (χ4v) is 2.75. The molecule has 3 nitrogen and oxygen atoms in total. The minimum absolute atomic E-state index is 0.313. The van der Waals surface area contributed by atoms with Gasteiger partial charge in [-0.15, -0.1) is 0 Å². The third-order valence-corrected chi connectivity index (χ3v) is 3.72. The van der Waals surface area contributed by atoms with Crippen molar-refractivity contribution in [2.75, 3.05) is 6.54 Å². The molecule has 2 heterocycles. The van der Waals surface area contributed by atoms with E-state index < -0.39 is 0 Å². The molecule has 0 aliphatic rings. The van der Waals surface area contributed by atoms with Gasteiger partial charge in [0.1, 0.15) is 0 Å². The van der Waals surface area contributed by atoms with Crippen LogP contribution in [0.25, 0.3) is 16.9 Å². The predicted octanol–water partition coefficient (Wildman–Crippen LogP) is 3.26. The maximum atomic E-state index is 14.0. The molecule has 2 N–H and O–H groups in total. The van der Waals surface area contributed by atoms with Gasteiger partial charge >= 0.3 is 0 Å². The van der Waals surface area contributed by atoms with Crippen LogP contribution in [0.4, 0.5) is 4.39 Å². The van der Waals surface area contributed by atoms with Crippen LogP contribution in [-0.4, -0.2) is 15.9 Å². The summed E-state index contributed by atoms with van der Waals surface area (Å²) in [6.45, 7) is 4.61. The van der Waals surface area contributed by atoms with Gasteiger partial charge in [0.15, 0.2) is 11.5 Å². The van der Waals surface area contributed by atoms with E-state index in [1.165, 1.54) is 11.6 Å². The highest BCUT2D eigenvalue weighted by atomic mass is 19.1. The van der Waals surface area contributed by atoms with Crippen molar-refractivity contribution < 1.29 is 4.39 Å². The zero-order chi connectivity index (χ0) is 15.0. The Hall–Kier alpha value is -2.20. The first kappa shape index (κ1) is 13.8. The van der Waals surface area contributed by atoms with E-state index in [0.717, 1.165) is 22.5 Å². The highest BCUT2D eigenvalue weighted by Gasteiger charge is 2.16. The van der Waals surface area contributed by atoms with Crippen molar-refractivity contribution in [1.82, 2.24) is 9.38 Å².